The summed E-state index contributed by atoms with van der Waals surface area (Å²) in [7, 11) is 0. The average Bonchev–Trinajstić information content (AvgIpc) is 3.04. The molecule has 2 fully saturated rings. The molecular formula is C17H27NO2. The summed E-state index contributed by atoms with van der Waals surface area (Å²) in [5, 5.41) is 3.37. The van der Waals surface area contributed by atoms with Crippen LogP contribution in [0.3, 0.4) is 0 Å². The Hall–Kier alpha value is -0.800. The quantitative estimate of drug-likeness (QED) is 0.807. The predicted octanol–water partition coefficient (Wildman–Crippen LogP) is 3.60. The number of furan rings is 1. The molecule has 112 valence electrons. The largest absolute Gasteiger partial charge is 0.468 e. The Balaban J connectivity index is 1.42. The number of hydrogen-bond donors (Lipinski definition) is 1. The standard InChI is InChI=1S/C17H27NO2/c1-16(2)13-6-7-17(16,3)15(11-13)20-10-8-18-12-14-5-4-9-19-14/h4-5,9,13,15,18H,6-8,10-12H2,1-3H3. The molecule has 3 unspecified atom stereocenters. The second-order valence-corrected chi connectivity index (χ2v) is 7.23. The fourth-order valence-corrected chi connectivity index (χ4v) is 4.28. The van der Waals surface area contributed by atoms with E-state index in [0.29, 0.717) is 16.9 Å². The molecule has 1 heterocycles. The molecule has 2 aliphatic carbocycles. The summed E-state index contributed by atoms with van der Waals surface area (Å²) in [6.07, 6.45) is 6.13. The zero-order valence-electron chi connectivity index (χ0n) is 12.9. The lowest BCUT2D eigenvalue weighted by Gasteiger charge is -2.38. The third-order valence-corrected chi connectivity index (χ3v) is 6.19. The van der Waals surface area contributed by atoms with E-state index in [-0.39, 0.29) is 0 Å². The van der Waals surface area contributed by atoms with Crippen LogP contribution in [0.5, 0.6) is 0 Å². The Labute approximate surface area is 122 Å². The fourth-order valence-electron chi connectivity index (χ4n) is 4.28. The lowest BCUT2D eigenvalue weighted by molar-refractivity contribution is -0.0450. The van der Waals surface area contributed by atoms with Gasteiger partial charge in [-0.1, -0.05) is 20.8 Å². The first-order valence-corrected chi connectivity index (χ1v) is 7.89. The molecule has 0 saturated heterocycles. The van der Waals surface area contributed by atoms with Crippen molar-refractivity contribution in [3.63, 3.8) is 0 Å². The van der Waals surface area contributed by atoms with Crippen molar-refractivity contribution in [3.8, 4) is 0 Å². The van der Waals surface area contributed by atoms with Crippen molar-refractivity contribution < 1.29 is 9.15 Å². The van der Waals surface area contributed by atoms with E-state index in [4.69, 9.17) is 9.15 Å². The lowest BCUT2D eigenvalue weighted by atomic mass is 9.70. The SMILES string of the molecule is CC1(C)C2CCC1(C)C(OCCNCc1ccco1)C2. The molecule has 3 nitrogen and oxygen atoms in total. The maximum atomic E-state index is 6.20. The van der Waals surface area contributed by atoms with Crippen LogP contribution >= 0.6 is 0 Å². The molecule has 0 spiro atoms. The van der Waals surface area contributed by atoms with Gasteiger partial charge in [0.25, 0.3) is 0 Å². The first-order valence-electron chi connectivity index (χ1n) is 7.89. The third kappa shape index (κ3) is 2.21. The highest BCUT2D eigenvalue weighted by molar-refractivity contribution is 5.11. The zero-order valence-corrected chi connectivity index (χ0v) is 12.9. The van der Waals surface area contributed by atoms with Crippen molar-refractivity contribution in [1.29, 1.82) is 0 Å². The topological polar surface area (TPSA) is 34.4 Å². The Bertz CT molecular complexity index is 440. The minimum absolute atomic E-state index is 0.374. The van der Waals surface area contributed by atoms with Gasteiger partial charge in [0.15, 0.2) is 0 Å². The number of fused-ring (bicyclic) bond motifs is 2. The molecule has 3 rings (SSSR count). The molecule has 0 aromatic carbocycles. The number of ether oxygens (including phenoxy) is 1. The van der Waals surface area contributed by atoms with E-state index in [1.807, 2.05) is 12.1 Å². The normalized spacial score (nSPS) is 34.8. The average molecular weight is 277 g/mol. The summed E-state index contributed by atoms with van der Waals surface area (Å²) in [4.78, 5) is 0. The van der Waals surface area contributed by atoms with Gasteiger partial charge in [0.1, 0.15) is 5.76 Å². The van der Waals surface area contributed by atoms with Crippen molar-refractivity contribution in [3.05, 3.63) is 24.2 Å². The molecule has 1 N–H and O–H groups in total. The van der Waals surface area contributed by atoms with Crippen molar-refractivity contribution in [2.75, 3.05) is 13.2 Å². The van der Waals surface area contributed by atoms with Gasteiger partial charge in [-0.05, 0) is 48.1 Å². The van der Waals surface area contributed by atoms with Crippen LogP contribution in [0.4, 0.5) is 0 Å². The van der Waals surface area contributed by atoms with E-state index in [2.05, 4.69) is 26.1 Å². The second kappa shape index (κ2) is 5.19. The van der Waals surface area contributed by atoms with E-state index < -0.39 is 0 Å². The van der Waals surface area contributed by atoms with Crippen LogP contribution in [0.15, 0.2) is 22.8 Å². The third-order valence-electron chi connectivity index (χ3n) is 6.19. The highest BCUT2D eigenvalue weighted by Crippen LogP contribution is 2.66. The molecule has 0 radical (unpaired) electrons. The number of nitrogens with one attached hydrogen (secondary N) is 1. The molecule has 1 aromatic heterocycles. The van der Waals surface area contributed by atoms with Gasteiger partial charge < -0.3 is 14.5 Å². The van der Waals surface area contributed by atoms with Crippen molar-refractivity contribution in [2.24, 2.45) is 16.7 Å². The van der Waals surface area contributed by atoms with Gasteiger partial charge in [0.05, 0.1) is 25.5 Å². The van der Waals surface area contributed by atoms with Crippen LogP contribution in [0.1, 0.15) is 45.8 Å². The van der Waals surface area contributed by atoms with E-state index in [9.17, 15) is 0 Å². The lowest BCUT2D eigenvalue weighted by Crippen LogP contribution is -2.38. The van der Waals surface area contributed by atoms with Gasteiger partial charge in [-0.15, -0.1) is 0 Å². The fraction of sp³-hybridized carbons (Fsp3) is 0.765. The van der Waals surface area contributed by atoms with Crippen LogP contribution in [-0.2, 0) is 11.3 Å². The molecule has 2 aliphatic rings. The van der Waals surface area contributed by atoms with E-state index in [0.717, 1.165) is 31.4 Å². The first kappa shape index (κ1) is 14.2. The molecule has 0 amide bonds. The maximum Gasteiger partial charge on any atom is 0.117 e. The number of rotatable bonds is 6. The summed E-state index contributed by atoms with van der Waals surface area (Å²) < 4.78 is 11.5. The van der Waals surface area contributed by atoms with Crippen LogP contribution < -0.4 is 5.32 Å². The minimum Gasteiger partial charge on any atom is -0.468 e. The van der Waals surface area contributed by atoms with Gasteiger partial charge >= 0.3 is 0 Å². The monoisotopic (exact) mass is 277 g/mol. The highest BCUT2D eigenvalue weighted by Gasteiger charge is 2.61. The van der Waals surface area contributed by atoms with Crippen molar-refractivity contribution in [2.45, 2.75) is 52.7 Å². The van der Waals surface area contributed by atoms with Gasteiger partial charge in [-0.3, -0.25) is 0 Å². The molecule has 2 saturated carbocycles. The Morgan fingerprint density at radius 2 is 2.25 bits per heavy atom. The van der Waals surface area contributed by atoms with Crippen LogP contribution in [0.25, 0.3) is 0 Å². The van der Waals surface area contributed by atoms with Gasteiger partial charge in [0.2, 0.25) is 0 Å². The summed E-state index contributed by atoms with van der Waals surface area (Å²) in [6.45, 7) is 9.77. The second-order valence-electron chi connectivity index (χ2n) is 7.23. The smallest absolute Gasteiger partial charge is 0.117 e. The first-order chi connectivity index (χ1) is 9.54. The molecule has 0 aliphatic heterocycles. The van der Waals surface area contributed by atoms with Crippen LogP contribution in [0, 0.1) is 16.7 Å². The Kier molecular flexibility index (Phi) is 3.67. The van der Waals surface area contributed by atoms with Gasteiger partial charge in [0, 0.05) is 6.54 Å². The zero-order chi connectivity index (χ0) is 14.2. The molecule has 2 bridgehead atoms. The molecule has 3 heteroatoms. The molecular weight excluding hydrogens is 250 g/mol. The van der Waals surface area contributed by atoms with Crippen molar-refractivity contribution >= 4 is 0 Å². The van der Waals surface area contributed by atoms with Gasteiger partial charge in [-0.25, -0.2) is 0 Å². The van der Waals surface area contributed by atoms with E-state index in [1.165, 1.54) is 19.3 Å². The van der Waals surface area contributed by atoms with Crippen LogP contribution in [-0.4, -0.2) is 19.3 Å². The number of hydrogen-bond acceptors (Lipinski definition) is 3. The van der Waals surface area contributed by atoms with Crippen molar-refractivity contribution in [1.82, 2.24) is 5.32 Å². The minimum atomic E-state index is 0.374. The summed E-state index contributed by atoms with van der Waals surface area (Å²) in [6, 6.07) is 3.92. The summed E-state index contributed by atoms with van der Waals surface area (Å²) >= 11 is 0. The predicted molar refractivity (Wildman–Crippen MR) is 79.4 cm³/mol. The van der Waals surface area contributed by atoms with Gasteiger partial charge in [-0.2, -0.15) is 0 Å². The molecule has 20 heavy (non-hydrogen) atoms. The highest BCUT2D eigenvalue weighted by atomic mass is 16.5. The maximum absolute atomic E-state index is 6.20. The Morgan fingerprint density at radius 1 is 1.40 bits per heavy atom. The summed E-state index contributed by atoms with van der Waals surface area (Å²) in [5.41, 5.74) is 0.817. The van der Waals surface area contributed by atoms with E-state index >= 15 is 0 Å². The molecule has 1 aromatic rings. The Morgan fingerprint density at radius 3 is 2.85 bits per heavy atom. The summed E-state index contributed by atoms with van der Waals surface area (Å²) in [5.74, 6) is 1.84. The van der Waals surface area contributed by atoms with Crippen LogP contribution in [0.2, 0.25) is 0 Å². The van der Waals surface area contributed by atoms with E-state index in [1.54, 1.807) is 6.26 Å². The molecule has 3 atom stereocenters.